The number of nitrogens with one attached hydrogen (secondary N) is 1. The van der Waals surface area contributed by atoms with Gasteiger partial charge in [-0.2, -0.15) is 4.98 Å². The molecule has 1 N–H and O–H groups in total. The smallest absolute Gasteiger partial charge is 0.224 e. The van der Waals surface area contributed by atoms with Crippen molar-refractivity contribution in [3.05, 3.63) is 33.1 Å². The number of rotatable bonds is 7. The first-order valence-corrected chi connectivity index (χ1v) is 8.84. The molecule has 0 spiro atoms. The molecule has 0 aliphatic carbocycles. The Labute approximate surface area is 138 Å². The van der Waals surface area contributed by atoms with E-state index in [1.54, 1.807) is 11.3 Å². The van der Waals surface area contributed by atoms with E-state index < -0.39 is 0 Å². The number of nitrogens with zero attached hydrogens (tertiary/aromatic N) is 3. The zero-order chi connectivity index (χ0) is 15.2. The van der Waals surface area contributed by atoms with Crippen LogP contribution in [0.5, 0.6) is 0 Å². The van der Waals surface area contributed by atoms with Crippen molar-refractivity contribution in [2.75, 3.05) is 16.8 Å². The van der Waals surface area contributed by atoms with Gasteiger partial charge in [0.1, 0.15) is 5.82 Å². The zero-order valence-electron chi connectivity index (χ0n) is 12.6. The summed E-state index contributed by atoms with van der Waals surface area (Å²) in [6.07, 6.45) is 2.88. The maximum atomic E-state index is 4.67. The highest BCUT2D eigenvalue weighted by molar-refractivity contribution is 9.10. The summed E-state index contributed by atoms with van der Waals surface area (Å²) >= 11 is 5.35. The number of hydrogen-bond acceptors (Lipinski definition) is 5. The predicted octanol–water partition coefficient (Wildman–Crippen LogP) is 4.54. The second-order valence-corrected chi connectivity index (χ2v) is 6.98. The van der Waals surface area contributed by atoms with Gasteiger partial charge in [-0.25, -0.2) is 4.98 Å². The van der Waals surface area contributed by atoms with Gasteiger partial charge in [-0.3, -0.25) is 0 Å². The van der Waals surface area contributed by atoms with Crippen molar-refractivity contribution < 1.29 is 0 Å². The Morgan fingerprint density at radius 3 is 2.86 bits per heavy atom. The van der Waals surface area contributed by atoms with Crippen molar-refractivity contribution in [1.29, 1.82) is 0 Å². The van der Waals surface area contributed by atoms with Crippen molar-refractivity contribution in [3.8, 4) is 0 Å². The maximum Gasteiger partial charge on any atom is 0.224 e. The van der Waals surface area contributed by atoms with Gasteiger partial charge in [-0.15, -0.1) is 11.3 Å². The SMILES string of the molecule is CCCNc1ncc(Br)c(N(Cc2cccs2)C(C)C)n1. The fourth-order valence-electron chi connectivity index (χ4n) is 1.95. The molecule has 4 nitrogen and oxygen atoms in total. The van der Waals surface area contributed by atoms with Gasteiger partial charge in [0.05, 0.1) is 11.0 Å². The Bertz CT molecular complexity index is 557. The van der Waals surface area contributed by atoms with E-state index in [-0.39, 0.29) is 0 Å². The summed E-state index contributed by atoms with van der Waals surface area (Å²) in [5, 5.41) is 5.36. The van der Waals surface area contributed by atoms with Crippen LogP contribution < -0.4 is 10.2 Å². The van der Waals surface area contributed by atoms with Gasteiger partial charge < -0.3 is 10.2 Å². The van der Waals surface area contributed by atoms with E-state index in [0.717, 1.165) is 29.8 Å². The van der Waals surface area contributed by atoms with Gasteiger partial charge in [-0.1, -0.05) is 13.0 Å². The second-order valence-electron chi connectivity index (χ2n) is 5.09. The first kappa shape index (κ1) is 16.2. The monoisotopic (exact) mass is 368 g/mol. The van der Waals surface area contributed by atoms with Gasteiger partial charge in [0.2, 0.25) is 5.95 Å². The summed E-state index contributed by atoms with van der Waals surface area (Å²) in [6, 6.07) is 4.60. The first-order chi connectivity index (χ1) is 10.1. The third kappa shape index (κ3) is 4.41. The average Bonchev–Trinajstić information content (AvgIpc) is 2.97. The van der Waals surface area contributed by atoms with E-state index in [2.05, 4.69) is 74.4 Å². The largest absolute Gasteiger partial charge is 0.354 e. The van der Waals surface area contributed by atoms with Crippen LogP contribution in [0.15, 0.2) is 28.2 Å². The third-order valence-electron chi connectivity index (χ3n) is 3.06. The molecule has 0 bridgehead atoms. The maximum absolute atomic E-state index is 4.67. The molecule has 0 saturated carbocycles. The highest BCUT2D eigenvalue weighted by Gasteiger charge is 2.17. The summed E-state index contributed by atoms with van der Waals surface area (Å²) < 4.78 is 0.926. The lowest BCUT2D eigenvalue weighted by molar-refractivity contribution is 0.674. The molecule has 0 unspecified atom stereocenters. The van der Waals surface area contributed by atoms with Gasteiger partial charge in [0.25, 0.3) is 0 Å². The van der Waals surface area contributed by atoms with E-state index in [4.69, 9.17) is 0 Å². The molecular formula is C15H21BrN4S. The van der Waals surface area contributed by atoms with Crippen LogP contribution in [0.2, 0.25) is 0 Å². The van der Waals surface area contributed by atoms with Crippen LogP contribution in [0, 0.1) is 0 Å². The molecule has 0 radical (unpaired) electrons. The van der Waals surface area contributed by atoms with Crippen LogP contribution in [0.1, 0.15) is 32.1 Å². The van der Waals surface area contributed by atoms with Gasteiger partial charge in [-0.05, 0) is 47.6 Å². The molecule has 0 saturated heterocycles. The number of aromatic nitrogens is 2. The zero-order valence-corrected chi connectivity index (χ0v) is 15.0. The van der Waals surface area contributed by atoms with Crippen LogP contribution in [0.25, 0.3) is 0 Å². The summed E-state index contributed by atoms with van der Waals surface area (Å²) in [5.41, 5.74) is 0. The molecule has 0 aromatic carbocycles. The fourth-order valence-corrected chi connectivity index (χ4v) is 3.08. The molecule has 0 amide bonds. The quantitative estimate of drug-likeness (QED) is 0.778. The third-order valence-corrected chi connectivity index (χ3v) is 4.48. The minimum absolute atomic E-state index is 0.359. The highest BCUT2D eigenvalue weighted by atomic mass is 79.9. The molecule has 2 aromatic heterocycles. The van der Waals surface area contributed by atoms with E-state index >= 15 is 0 Å². The molecule has 0 atom stereocenters. The molecule has 2 heterocycles. The number of anilines is 2. The lowest BCUT2D eigenvalue weighted by Gasteiger charge is -2.28. The molecule has 114 valence electrons. The van der Waals surface area contributed by atoms with E-state index in [0.29, 0.717) is 12.0 Å². The summed E-state index contributed by atoms with van der Waals surface area (Å²) in [7, 11) is 0. The Morgan fingerprint density at radius 1 is 1.43 bits per heavy atom. The van der Waals surface area contributed by atoms with Crippen molar-refractivity contribution in [2.45, 2.75) is 39.8 Å². The van der Waals surface area contributed by atoms with E-state index in [1.807, 2.05) is 6.20 Å². The van der Waals surface area contributed by atoms with Crippen molar-refractivity contribution in [1.82, 2.24) is 9.97 Å². The van der Waals surface area contributed by atoms with Gasteiger partial charge in [0, 0.05) is 23.7 Å². The minimum atomic E-state index is 0.359. The number of halogens is 1. The highest BCUT2D eigenvalue weighted by Crippen LogP contribution is 2.28. The van der Waals surface area contributed by atoms with Crippen LogP contribution in [0.3, 0.4) is 0 Å². The molecule has 0 aliphatic heterocycles. The second kappa shape index (κ2) is 7.75. The van der Waals surface area contributed by atoms with E-state index in [1.165, 1.54) is 4.88 Å². The standard InChI is InChI=1S/C15H21BrN4S/c1-4-7-17-15-18-9-13(16)14(19-15)20(11(2)3)10-12-6-5-8-21-12/h5-6,8-9,11H,4,7,10H2,1-3H3,(H,17,18,19). The van der Waals surface area contributed by atoms with Gasteiger partial charge in [0.15, 0.2) is 0 Å². The molecule has 0 aliphatic rings. The lowest BCUT2D eigenvalue weighted by Crippen LogP contribution is -2.31. The molecule has 2 aromatic rings. The van der Waals surface area contributed by atoms with Crippen LogP contribution >= 0.6 is 27.3 Å². The topological polar surface area (TPSA) is 41.1 Å². The molecular weight excluding hydrogens is 348 g/mol. The molecule has 0 fully saturated rings. The first-order valence-electron chi connectivity index (χ1n) is 7.17. The predicted molar refractivity (Wildman–Crippen MR) is 94.2 cm³/mol. The van der Waals surface area contributed by atoms with E-state index in [9.17, 15) is 0 Å². The van der Waals surface area contributed by atoms with Crippen molar-refractivity contribution in [3.63, 3.8) is 0 Å². The average molecular weight is 369 g/mol. The molecule has 2 rings (SSSR count). The van der Waals surface area contributed by atoms with Crippen LogP contribution in [-0.2, 0) is 6.54 Å². The summed E-state index contributed by atoms with van der Waals surface area (Å²) in [6.45, 7) is 8.23. The molecule has 6 heteroatoms. The van der Waals surface area contributed by atoms with Crippen LogP contribution in [0.4, 0.5) is 11.8 Å². The normalized spacial score (nSPS) is 10.9. The summed E-state index contributed by atoms with van der Waals surface area (Å²) in [4.78, 5) is 12.6. The Morgan fingerprint density at radius 2 is 2.24 bits per heavy atom. The molecule has 21 heavy (non-hydrogen) atoms. The summed E-state index contributed by atoms with van der Waals surface area (Å²) in [5.74, 6) is 1.62. The lowest BCUT2D eigenvalue weighted by atomic mass is 10.3. The van der Waals surface area contributed by atoms with Crippen LogP contribution in [-0.4, -0.2) is 22.6 Å². The van der Waals surface area contributed by atoms with Crippen molar-refractivity contribution >= 4 is 39.0 Å². The fraction of sp³-hybridized carbons (Fsp3) is 0.467. The van der Waals surface area contributed by atoms with Crippen molar-refractivity contribution in [2.24, 2.45) is 0 Å². The number of hydrogen-bond donors (Lipinski definition) is 1. The van der Waals surface area contributed by atoms with Gasteiger partial charge >= 0.3 is 0 Å². The Hall–Kier alpha value is -1.14. The minimum Gasteiger partial charge on any atom is -0.354 e. The Balaban J connectivity index is 2.26. The number of thiophene rings is 1. The Kier molecular flexibility index (Phi) is 5.99.